The molecule has 3 rings (SSSR count). The summed E-state index contributed by atoms with van der Waals surface area (Å²) in [6, 6.07) is 7.41. The van der Waals surface area contributed by atoms with Gasteiger partial charge < -0.3 is 14.7 Å². The van der Waals surface area contributed by atoms with E-state index in [1.165, 1.54) is 6.42 Å². The van der Waals surface area contributed by atoms with Crippen LogP contribution in [0.25, 0.3) is 11.4 Å². The lowest BCUT2D eigenvalue weighted by Gasteiger charge is -2.36. The van der Waals surface area contributed by atoms with Crippen LogP contribution in [0.4, 0.5) is 0 Å². The van der Waals surface area contributed by atoms with Crippen LogP contribution in [0.2, 0.25) is 5.02 Å². The zero-order chi connectivity index (χ0) is 17.8. The average molecular weight is 362 g/mol. The van der Waals surface area contributed by atoms with E-state index >= 15 is 0 Å². The Labute approximate surface area is 153 Å². The van der Waals surface area contributed by atoms with Gasteiger partial charge >= 0.3 is 0 Å². The fraction of sp³-hybridized carbons (Fsp3) is 0.500. The van der Waals surface area contributed by atoms with Crippen molar-refractivity contribution in [3.63, 3.8) is 0 Å². The zero-order valence-corrected chi connectivity index (χ0v) is 15.6. The summed E-state index contributed by atoms with van der Waals surface area (Å²) in [6.07, 6.45) is 1.26. The molecule has 0 saturated carbocycles. The second kappa shape index (κ2) is 7.87. The smallest absolute Gasteiger partial charge is 0.246 e. The lowest BCUT2D eigenvalue weighted by Crippen LogP contribution is -2.48. The predicted octanol–water partition coefficient (Wildman–Crippen LogP) is 3.44. The summed E-state index contributed by atoms with van der Waals surface area (Å²) in [5.41, 5.74) is 0.838. The first-order valence-electron chi connectivity index (χ1n) is 8.59. The second-order valence-electron chi connectivity index (χ2n) is 6.77. The Bertz CT molecular complexity index is 735. The number of rotatable bonds is 3. The number of hydrogen-bond donors (Lipinski definition) is 1. The minimum absolute atomic E-state index is 0.444. The van der Waals surface area contributed by atoms with Crippen molar-refractivity contribution in [3.05, 3.63) is 35.2 Å². The minimum atomic E-state index is 0.444. The van der Waals surface area contributed by atoms with Gasteiger partial charge in [-0.1, -0.05) is 42.7 Å². The number of hydrogen-bond acceptors (Lipinski definition) is 4. The molecule has 25 heavy (non-hydrogen) atoms. The Hall–Kier alpha value is -2.08. The first kappa shape index (κ1) is 17.7. The molecule has 1 aliphatic heterocycles. The van der Waals surface area contributed by atoms with E-state index in [0.29, 0.717) is 35.1 Å². The molecule has 1 aromatic carbocycles. The van der Waals surface area contributed by atoms with Gasteiger partial charge in [-0.15, -0.1) is 0 Å². The largest absolute Gasteiger partial charge is 0.347 e. The molecule has 1 fully saturated rings. The lowest BCUT2D eigenvalue weighted by molar-refractivity contribution is 0.208. The third-order valence-corrected chi connectivity index (χ3v) is 4.56. The molecule has 1 aromatic heterocycles. The lowest BCUT2D eigenvalue weighted by atomic mass is 9.92. The van der Waals surface area contributed by atoms with Crippen molar-refractivity contribution in [1.82, 2.24) is 20.4 Å². The van der Waals surface area contributed by atoms with Gasteiger partial charge in [0, 0.05) is 30.7 Å². The van der Waals surface area contributed by atoms with Crippen LogP contribution in [-0.2, 0) is 6.54 Å². The third kappa shape index (κ3) is 4.51. The molecule has 1 aliphatic rings. The molecule has 2 atom stereocenters. The summed E-state index contributed by atoms with van der Waals surface area (Å²) >= 11 is 6.01. The van der Waals surface area contributed by atoms with E-state index in [4.69, 9.17) is 16.1 Å². The molecular weight excluding hydrogens is 338 g/mol. The van der Waals surface area contributed by atoms with Crippen molar-refractivity contribution in [1.29, 1.82) is 0 Å². The zero-order valence-electron chi connectivity index (χ0n) is 14.9. The van der Waals surface area contributed by atoms with Crippen molar-refractivity contribution in [2.75, 3.05) is 20.1 Å². The average Bonchev–Trinajstić information content (AvgIpc) is 3.03. The van der Waals surface area contributed by atoms with E-state index in [9.17, 15) is 0 Å². The topological polar surface area (TPSA) is 66.5 Å². The van der Waals surface area contributed by atoms with Crippen LogP contribution in [0.3, 0.4) is 0 Å². The SMILES string of the molecule is CN=C(NCc1nc(-c2cccc(Cl)c2)no1)N1CC(C)CC(C)C1. The maximum Gasteiger partial charge on any atom is 0.246 e. The quantitative estimate of drug-likeness (QED) is 0.670. The Morgan fingerprint density at radius 2 is 2.12 bits per heavy atom. The van der Waals surface area contributed by atoms with Gasteiger partial charge in [0.15, 0.2) is 5.96 Å². The summed E-state index contributed by atoms with van der Waals surface area (Å²) in [7, 11) is 1.80. The molecule has 2 aromatic rings. The Kier molecular flexibility index (Phi) is 5.58. The Morgan fingerprint density at radius 1 is 1.36 bits per heavy atom. The van der Waals surface area contributed by atoms with Crippen LogP contribution in [0, 0.1) is 11.8 Å². The van der Waals surface area contributed by atoms with Crippen molar-refractivity contribution in [2.45, 2.75) is 26.8 Å². The molecule has 6 nitrogen and oxygen atoms in total. The van der Waals surface area contributed by atoms with E-state index in [1.807, 2.05) is 24.3 Å². The van der Waals surface area contributed by atoms with Crippen LogP contribution < -0.4 is 5.32 Å². The first-order valence-corrected chi connectivity index (χ1v) is 8.97. The molecule has 1 N–H and O–H groups in total. The van der Waals surface area contributed by atoms with Gasteiger partial charge in [-0.05, 0) is 30.4 Å². The van der Waals surface area contributed by atoms with Crippen molar-refractivity contribution in [2.24, 2.45) is 16.8 Å². The van der Waals surface area contributed by atoms with Crippen LogP contribution in [0.1, 0.15) is 26.2 Å². The summed E-state index contributed by atoms with van der Waals surface area (Å²) in [5, 5.41) is 8.00. The van der Waals surface area contributed by atoms with Crippen LogP contribution >= 0.6 is 11.6 Å². The predicted molar refractivity (Wildman–Crippen MR) is 99.5 cm³/mol. The molecule has 0 radical (unpaired) electrons. The summed E-state index contributed by atoms with van der Waals surface area (Å²) in [4.78, 5) is 11.1. The summed E-state index contributed by atoms with van der Waals surface area (Å²) in [5.74, 6) is 3.27. The van der Waals surface area contributed by atoms with Gasteiger partial charge in [0.2, 0.25) is 11.7 Å². The number of benzene rings is 1. The van der Waals surface area contributed by atoms with E-state index in [0.717, 1.165) is 24.6 Å². The number of aliphatic imine (C=N–C) groups is 1. The molecule has 134 valence electrons. The normalized spacial score (nSPS) is 21.4. The van der Waals surface area contributed by atoms with Crippen molar-refractivity contribution >= 4 is 17.6 Å². The molecule has 0 spiro atoms. The minimum Gasteiger partial charge on any atom is -0.347 e. The number of guanidine groups is 1. The van der Waals surface area contributed by atoms with E-state index < -0.39 is 0 Å². The number of nitrogens with one attached hydrogen (secondary N) is 1. The highest BCUT2D eigenvalue weighted by Gasteiger charge is 2.24. The van der Waals surface area contributed by atoms with Gasteiger partial charge in [0.25, 0.3) is 0 Å². The van der Waals surface area contributed by atoms with Gasteiger partial charge in [-0.2, -0.15) is 4.98 Å². The standard InChI is InChI=1S/C18H24ClN5O/c1-12-7-13(2)11-24(10-12)18(20-3)21-9-16-22-17(23-25-16)14-5-4-6-15(19)8-14/h4-6,8,12-13H,7,9-11H2,1-3H3,(H,20,21). The highest BCUT2D eigenvalue weighted by Crippen LogP contribution is 2.21. The Morgan fingerprint density at radius 3 is 2.80 bits per heavy atom. The highest BCUT2D eigenvalue weighted by atomic mass is 35.5. The summed E-state index contributed by atoms with van der Waals surface area (Å²) in [6.45, 7) is 7.04. The molecule has 2 heterocycles. The van der Waals surface area contributed by atoms with Gasteiger partial charge in [0.05, 0.1) is 6.54 Å². The molecule has 2 unspecified atom stereocenters. The van der Waals surface area contributed by atoms with Crippen molar-refractivity contribution < 1.29 is 4.52 Å². The van der Waals surface area contributed by atoms with Gasteiger partial charge in [-0.25, -0.2) is 0 Å². The highest BCUT2D eigenvalue weighted by molar-refractivity contribution is 6.30. The molecule has 7 heteroatoms. The number of nitrogens with zero attached hydrogens (tertiary/aromatic N) is 4. The number of piperidine rings is 1. The number of halogens is 1. The Balaban J connectivity index is 1.63. The van der Waals surface area contributed by atoms with Gasteiger partial charge in [0.1, 0.15) is 0 Å². The fourth-order valence-corrected chi connectivity index (χ4v) is 3.58. The fourth-order valence-electron chi connectivity index (χ4n) is 3.39. The number of likely N-dealkylation sites (tertiary alicyclic amines) is 1. The van der Waals surface area contributed by atoms with Gasteiger partial charge in [-0.3, -0.25) is 4.99 Å². The number of aromatic nitrogens is 2. The third-order valence-electron chi connectivity index (χ3n) is 4.33. The monoisotopic (exact) mass is 361 g/mol. The van der Waals surface area contributed by atoms with Crippen LogP contribution in [0.5, 0.6) is 0 Å². The molecule has 1 saturated heterocycles. The van der Waals surface area contributed by atoms with Crippen molar-refractivity contribution in [3.8, 4) is 11.4 Å². The maximum absolute atomic E-state index is 6.01. The molecule has 0 aliphatic carbocycles. The van der Waals surface area contributed by atoms with E-state index in [-0.39, 0.29) is 0 Å². The summed E-state index contributed by atoms with van der Waals surface area (Å²) < 4.78 is 5.34. The molecule has 0 bridgehead atoms. The van der Waals surface area contributed by atoms with E-state index in [2.05, 4.69) is 39.2 Å². The van der Waals surface area contributed by atoms with Crippen LogP contribution in [0.15, 0.2) is 33.8 Å². The maximum atomic E-state index is 6.01. The van der Waals surface area contributed by atoms with Crippen LogP contribution in [-0.4, -0.2) is 41.1 Å². The molecule has 0 amide bonds. The second-order valence-corrected chi connectivity index (χ2v) is 7.21. The van der Waals surface area contributed by atoms with E-state index in [1.54, 1.807) is 7.05 Å². The molecular formula is C18H24ClN5O. The first-order chi connectivity index (χ1) is 12.0.